The summed E-state index contributed by atoms with van der Waals surface area (Å²) in [6.07, 6.45) is 1.69. The molecule has 2 rings (SSSR count). The molecular weight excluding hydrogens is 292 g/mol. The van der Waals surface area contributed by atoms with Gasteiger partial charge in [0, 0.05) is 44.8 Å². The van der Waals surface area contributed by atoms with Crippen LogP contribution in [0.1, 0.15) is 37.0 Å². The number of carbonyl (C=O) groups excluding carboxylic acids is 1. The minimum atomic E-state index is -0.0433. The third-order valence-corrected chi connectivity index (χ3v) is 4.46. The van der Waals surface area contributed by atoms with Gasteiger partial charge in [0.2, 0.25) is 0 Å². The summed E-state index contributed by atoms with van der Waals surface area (Å²) in [7, 11) is 1.68. The fraction of sp³-hybridized carbons (Fsp3) is 0.611. The van der Waals surface area contributed by atoms with Gasteiger partial charge in [-0.25, -0.2) is 0 Å². The number of likely N-dealkylation sites (tertiary alicyclic amines) is 1. The maximum Gasteiger partial charge on any atom is 0.253 e. The largest absolute Gasteiger partial charge is 0.494 e. The first-order chi connectivity index (χ1) is 10.9. The van der Waals surface area contributed by atoms with Crippen molar-refractivity contribution in [1.29, 1.82) is 0 Å². The predicted octanol–water partition coefficient (Wildman–Crippen LogP) is 2.30. The zero-order valence-corrected chi connectivity index (χ0v) is 14.4. The number of benzene rings is 1. The van der Waals surface area contributed by atoms with Crippen LogP contribution in [0.5, 0.6) is 5.75 Å². The van der Waals surface area contributed by atoms with E-state index in [2.05, 4.69) is 13.8 Å². The monoisotopic (exact) mass is 320 g/mol. The normalized spacial score (nSPS) is 20.3. The molecule has 1 aliphatic heterocycles. The number of hydrogen-bond acceptors (Lipinski definition) is 4. The first-order valence-electron chi connectivity index (χ1n) is 8.21. The summed E-state index contributed by atoms with van der Waals surface area (Å²) in [5.41, 5.74) is 6.79. The molecule has 1 aliphatic rings. The molecule has 0 radical (unpaired) electrons. The van der Waals surface area contributed by atoms with Gasteiger partial charge in [-0.05, 0) is 36.1 Å². The van der Waals surface area contributed by atoms with Gasteiger partial charge in [-0.3, -0.25) is 4.79 Å². The number of piperidine rings is 1. The average Bonchev–Trinajstić information content (AvgIpc) is 2.54. The van der Waals surface area contributed by atoms with Crippen LogP contribution in [0.25, 0.3) is 0 Å². The van der Waals surface area contributed by atoms with Gasteiger partial charge in [-0.15, -0.1) is 0 Å². The maximum atomic E-state index is 12.6. The van der Waals surface area contributed by atoms with Gasteiger partial charge in [0.15, 0.2) is 0 Å². The molecule has 0 aliphatic carbocycles. The van der Waals surface area contributed by atoms with Crippen LogP contribution >= 0.6 is 0 Å². The number of methoxy groups -OCH3 is 1. The zero-order valence-electron chi connectivity index (χ0n) is 14.4. The van der Waals surface area contributed by atoms with Crippen LogP contribution in [0.15, 0.2) is 24.3 Å². The van der Waals surface area contributed by atoms with Crippen molar-refractivity contribution in [1.82, 2.24) is 4.90 Å². The number of rotatable bonds is 6. The Bertz CT molecular complexity index is 514. The number of ether oxygens (including phenoxy) is 2. The van der Waals surface area contributed by atoms with E-state index in [1.54, 1.807) is 7.11 Å². The SMILES string of the molecule is COCCCOc1ccc(C(=O)N2CCC(N)C(C)(C)C2)cc1. The molecule has 1 aromatic rings. The second-order valence-corrected chi connectivity index (χ2v) is 6.83. The fourth-order valence-corrected chi connectivity index (χ4v) is 2.82. The number of carbonyl (C=O) groups is 1. The lowest BCUT2D eigenvalue weighted by Crippen LogP contribution is -2.53. The van der Waals surface area contributed by atoms with E-state index < -0.39 is 0 Å². The molecule has 5 nitrogen and oxygen atoms in total. The molecule has 1 fully saturated rings. The lowest BCUT2D eigenvalue weighted by atomic mass is 9.79. The van der Waals surface area contributed by atoms with Crippen LogP contribution in [0, 0.1) is 5.41 Å². The van der Waals surface area contributed by atoms with Crippen LogP contribution in [0.2, 0.25) is 0 Å². The highest BCUT2D eigenvalue weighted by Gasteiger charge is 2.35. The number of nitrogens with two attached hydrogens (primary N) is 1. The van der Waals surface area contributed by atoms with E-state index in [4.69, 9.17) is 15.2 Å². The van der Waals surface area contributed by atoms with Gasteiger partial charge in [0.25, 0.3) is 5.91 Å². The highest BCUT2D eigenvalue weighted by molar-refractivity contribution is 5.94. The van der Waals surface area contributed by atoms with Crippen LogP contribution in [0.3, 0.4) is 0 Å². The molecule has 128 valence electrons. The first kappa shape index (κ1) is 17.8. The summed E-state index contributed by atoms with van der Waals surface area (Å²) in [5, 5.41) is 0. The molecular formula is C18H28N2O3. The number of hydrogen-bond donors (Lipinski definition) is 1. The Morgan fingerprint density at radius 3 is 2.61 bits per heavy atom. The molecule has 1 unspecified atom stereocenters. The molecule has 0 saturated carbocycles. The Morgan fingerprint density at radius 1 is 1.30 bits per heavy atom. The summed E-state index contributed by atoms with van der Waals surface area (Å²) in [6.45, 7) is 6.95. The molecule has 2 N–H and O–H groups in total. The average molecular weight is 320 g/mol. The van der Waals surface area contributed by atoms with Gasteiger partial charge in [0.1, 0.15) is 5.75 Å². The molecule has 0 aromatic heterocycles. The molecule has 1 atom stereocenters. The van der Waals surface area contributed by atoms with E-state index in [1.807, 2.05) is 29.2 Å². The Morgan fingerprint density at radius 2 is 2.00 bits per heavy atom. The summed E-state index contributed by atoms with van der Waals surface area (Å²) in [5.74, 6) is 0.842. The molecule has 23 heavy (non-hydrogen) atoms. The lowest BCUT2D eigenvalue weighted by Gasteiger charge is -2.42. The minimum Gasteiger partial charge on any atom is -0.494 e. The molecule has 0 bridgehead atoms. The molecule has 1 saturated heterocycles. The smallest absolute Gasteiger partial charge is 0.253 e. The summed E-state index contributed by atoms with van der Waals surface area (Å²) >= 11 is 0. The standard InChI is InChI=1S/C18H28N2O3/c1-18(2)13-20(10-9-16(18)19)17(21)14-5-7-15(8-6-14)23-12-4-11-22-3/h5-8,16H,4,9-13,19H2,1-3H3. The van der Waals surface area contributed by atoms with E-state index in [9.17, 15) is 4.79 Å². The third kappa shape index (κ3) is 4.69. The van der Waals surface area contributed by atoms with Gasteiger partial charge in [-0.1, -0.05) is 13.8 Å². The first-order valence-corrected chi connectivity index (χ1v) is 8.21. The second-order valence-electron chi connectivity index (χ2n) is 6.83. The highest BCUT2D eigenvalue weighted by Crippen LogP contribution is 2.28. The van der Waals surface area contributed by atoms with Crippen LogP contribution in [-0.2, 0) is 4.74 Å². The summed E-state index contributed by atoms with van der Waals surface area (Å²) < 4.78 is 10.6. The van der Waals surface area contributed by atoms with Crippen molar-refractivity contribution in [3.63, 3.8) is 0 Å². The highest BCUT2D eigenvalue weighted by atomic mass is 16.5. The van der Waals surface area contributed by atoms with Crippen molar-refractivity contribution in [3.8, 4) is 5.75 Å². The van der Waals surface area contributed by atoms with Crippen molar-refractivity contribution in [2.45, 2.75) is 32.7 Å². The zero-order chi connectivity index (χ0) is 16.9. The molecule has 1 aromatic carbocycles. The van der Waals surface area contributed by atoms with E-state index in [0.717, 1.165) is 25.1 Å². The third-order valence-electron chi connectivity index (χ3n) is 4.46. The predicted molar refractivity (Wildman–Crippen MR) is 90.7 cm³/mol. The Kier molecular flexibility index (Phi) is 6.02. The summed E-state index contributed by atoms with van der Waals surface area (Å²) in [6, 6.07) is 7.50. The molecule has 1 heterocycles. The number of nitrogens with zero attached hydrogens (tertiary/aromatic N) is 1. The van der Waals surface area contributed by atoms with Crippen molar-refractivity contribution in [2.75, 3.05) is 33.4 Å². The molecule has 1 amide bonds. The molecule has 5 heteroatoms. The Balaban J connectivity index is 1.92. The van der Waals surface area contributed by atoms with Crippen molar-refractivity contribution >= 4 is 5.91 Å². The molecule has 0 spiro atoms. The second kappa shape index (κ2) is 7.79. The minimum absolute atomic E-state index is 0.0433. The fourth-order valence-electron chi connectivity index (χ4n) is 2.82. The van der Waals surface area contributed by atoms with Gasteiger partial charge in [-0.2, -0.15) is 0 Å². The van der Waals surface area contributed by atoms with Crippen LogP contribution < -0.4 is 10.5 Å². The Labute approximate surface area is 138 Å². The van der Waals surface area contributed by atoms with Crippen LogP contribution in [-0.4, -0.2) is 50.3 Å². The number of amides is 1. The van der Waals surface area contributed by atoms with Crippen LogP contribution in [0.4, 0.5) is 0 Å². The van der Waals surface area contributed by atoms with E-state index >= 15 is 0 Å². The van der Waals surface area contributed by atoms with E-state index in [0.29, 0.717) is 25.3 Å². The quantitative estimate of drug-likeness (QED) is 0.817. The van der Waals surface area contributed by atoms with Crippen molar-refractivity contribution < 1.29 is 14.3 Å². The maximum absolute atomic E-state index is 12.6. The van der Waals surface area contributed by atoms with E-state index in [-0.39, 0.29) is 17.4 Å². The van der Waals surface area contributed by atoms with Crippen molar-refractivity contribution in [3.05, 3.63) is 29.8 Å². The topological polar surface area (TPSA) is 64.8 Å². The van der Waals surface area contributed by atoms with E-state index in [1.165, 1.54) is 0 Å². The summed E-state index contributed by atoms with van der Waals surface area (Å²) in [4.78, 5) is 14.5. The van der Waals surface area contributed by atoms with Crippen molar-refractivity contribution in [2.24, 2.45) is 11.1 Å². The van der Waals surface area contributed by atoms with Gasteiger partial charge < -0.3 is 20.1 Å². The van der Waals surface area contributed by atoms with Gasteiger partial charge in [0.05, 0.1) is 6.61 Å². The lowest BCUT2D eigenvalue weighted by molar-refractivity contribution is 0.0533. The Hall–Kier alpha value is -1.59. The van der Waals surface area contributed by atoms with Gasteiger partial charge >= 0.3 is 0 Å².